The summed E-state index contributed by atoms with van der Waals surface area (Å²) in [5.41, 5.74) is 0. The molecule has 0 aliphatic heterocycles. The highest BCUT2D eigenvalue weighted by Crippen LogP contribution is 2.23. The number of hydrogen-bond donors (Lipinski definition) is 2. The molecule has 2 N–H and O–H groups in total. The van der Waals surface area contributed by atoms with Gasteiger partial charge in [-0.05, 0) is 18.1 Å². The third-order valence-corrected chi connectivity index (χ3v) is 3.84. The lowest BCUT2D eigenvalue weighted by molar-refractivity contribution is -0.122. The van der Waals surface area contributed by atoms with Gasteiger partial charge in [0.2, 0.25) is 5.91 Å². The van der Waals surface area contributed by atoms with Gasteiger partial charge in [0.05, 0.1) is 24.2 Å². The Morgan fingerprint density at radius 3 is 2.62 bits per heavy atom. The van der Waals surface area contributed by atoms with Gasteiger partial charge in [0, 0.05) is 6.54 Å². The highest BCUT2D eigenvalue weighted by Gasteiger charge is 2.16. The maximum atomic E-state index is 11.7. The number of hydrogen-bond acceptors (Lipinski definition) is 3. The minimum absolute atomic E-state index is 0.132. The van der Waals surface area contributed by atoms with Crippen molar-refractivity contribution >= 4 is 17.5 Å². The molecular weight excluding hydrogens is 290 g/mol. The summed E-state index contributed by atoms with van der Waals surface area (Å²) in [5, 5.41) is 13.2. The number of amides is 1. The molecule has 1 aromatic rings. The summed E-state index contributed by atoms with van der Waals surface area (Å²) in [6.45, 7) is 4.63. The van der Waals surface area contributed by atoms with E-state index in [0.717, 1.165) is 12.8 Å². The molecule has 5 heteroatoms. The first kappa shape index (κ1) is 17.8. The van der Waals surface area contributed by atoms with Gasteiger partial charge in [-0.3, -0.25) is 4.79 Å². The number of halogens is 1. The number of benzene rings is 1. The molecule has 1 atom stereocenters. The average Bonchev–Trinajstić information content (AvgIpc) is 2.48. The molecule has 0 heterocycles. The van der Waals surface area contributed by atoms with E-state index in [9.17, 15) is 9.90 Å². The molecule has 1 rings (SSSR count). The minimum atomic E-state index is -0.492. The van der Waals surface area contributed by atoms with Crippen molar-refractivity contribution in [1.82, 2.24) is 5.32 Å². The van der Waals surface area contributed by atoms with Gasteiger partial charge >= 0.3 is 0 Å². The molecule has 0 spiro atoms. The van der Waals surface area contributed by atoms with Gasteiger partial charge in [0.1, 0.15) is 5.75 Å². The monoisotopic (exact) mass is 313 g/mol. The predicted molar refractivity (Wildman–Crippen MR) is 84.7 cm³/mol. The van der Waals surface area contributed by atoms with Gasteiger partial charge in [-0.1, -0.05) is 50.4 Å². The number of rotatable bonds is 9. The van der Waals surface area contributed by atoms with E-state index in [4.69, 9.17) is 16.3 Å². The molecule has 0 aromatic heterocycles. The molecule has 1 aromatic carbocycles. The number of para-hydroxylation sites is 1. The second kappa shape index (κ2) is 9.64. The van der Waals surface area contributed by atoms with Crippen LogP contribution in [0.5, 0.6) is 5.75 Å². The van der Waals surface area contributed by atoms with Crippen molar-refractivity contribution in [2.75, 3.05) is 13.2 Å². The van der Waals surface area contributed by atoms with Crippen molar-refractivity contribution in [3.8, 4) is 5.75 Å². The molecule has 0 aliphatic rings. The Hall–Kier alpha value is -1.26. The molecule has 0 saturated heterocycles. The van der Waals surface area contributed by atoms with Crippen LogP contribution in [0.2, 0.25) is 5.02 Å². The van der Waals surface area contributed by atoms with Crippen LogP contribution in [0.25, 0.3) is 0 Å². The smallest absolute Gasteiger partial charge is 0.223 e. The third kappa shape index (κ3) is 6.36. The Morgan fingerprint density at radius 1 is 1.33 bits per heavy atom. The number of aliphatic hydroxyl groups is 1. The topological polar surface area (TPSA) is 58.6 Å². The zero-order valence-electron chi connectivity index (χ0n) is 12.6. The molecule has 0 saturated carbocycles. The lowest BCUT2D eigenvalue weighted by Crippen LogP contribution is -2.36. The number of nitrogens with one attached hydrogen (secondary N) is 1. The maximum absolute atomic E-state index is 11.7. The number of ether oxygens (including phenoxy) is 1. The highest BCUT2D eigenvalue weighted by atomic mass is 35.5. The number of aliphatic hydroxyl groups excluding tert-OH is 1. The zero-order valence-corrected chi connectivity index (χ0v) is 13.4. The second-order valence-electron chi connectivity index (χ2n) is 4.98. The Bertz CT molecular complexity index is 435. The largest absolute Gasteiger partial charge is 0.491 e. The van der Waals surface area contributed by atoms with E-state index in [1.165, 1.54) is 0 Å². The quantitative estimate of drug-likeness (QED) is 0.737. The van der Waals surface area contributed by atoms with Crippen molar-refractivity contribution in [2.24, 2.45) is 5.92 Å². The fourth-order valence-electron chi connectivity index (χ4n) is 2.12. The summed E-state index contributed by atoms with van der Waals surface area (Å²) in [5.74, 6) is 0.667. The fourth-order valence-corrected chi connectivity index (χ4v) is 2.31. The van der Waals surface area contributed by atoms with Crippen molar-refractivity contribution in [1.29, 1.82) is 0 Å². The van der Waals surface area contributed by atoms with Crippen LogP contribution in [-0.4, -0.2) is 30.3 Å². The van der Waals surface area contributed by atoms with E-state index >= 15 is 0 Å². The summed E-state index contributed by atoms with van der Waals surface area (Å²) < 4.78 is 5.45. The third-order valence-electron chi connectivity index (χ3n) is 3.52. The minimum Gasteiger partial charge on any atom is -0.491 e. The van der Waals surface area contributed by atoms with Crippen LogP contribution in [-0.2, 0) is 4.79 Å². The average molecular weight is 314 g/mol. The van der Waals surface area contributed by atoms with E-state index < -0.39 is 6.10 Å². The summed E-state index contributed by atoms with van der Waals surface area (Å²) in [4.78, 5) is 11.7. The lowest BCUT2D eigenvalue weighted by atomic mass is 9.96. The lowest BCUT2D eigenvalue weighted by Gasteiger charge is -2.20. The highest BCUT2D eigenvalue weighted by molar-refractivity contribution is 6.32. The molecule has 0 fully saturated rings. The van der Waals surface area contributed by atoms with Gasteiger partial charge in [-0.15, -0.1) is 0 Å². The van der Waals surface area contributed by atoms with Crippen molar-refractivity contribution in [3.63, 3.8) is 0 Å². The molecule has 1 amide bonds. The standard InChI is InChI=1S/C16H24ClNO3/c1-3-12(4-2)14(19)11-18-16(20)9-10-21-15-8-6-5-7-13(15)17/h5-8,12,14,19H,3-4,9-11H2,1-2H3,(H,18,20). The van der Waals surface area contributed by atoms with Crippen LogP contribution in [0.4, 0.5) is 0 Å². The van der Waals surface area contributed by atoms with Gasteiger partial charge in [0.15, 0.2) is 0 Å². The molecular formula is C16H24ClNO3. The Morgan fingerprint density at radius 2 is 2.00 bits per heavy atom. The SMILES string of the molecule is CCC(CC)C(O)CNC(=O)CCOc1ccccc1Cl. The summed E-state index contributed by atoms with van der Waals surface area (Å²) in [6.07, 6.45) is 1.56. The van der Waals surface area contributed by atoms with Crippen molar-refractivity contribution in [3.05, 3.63) is 29.3 Å². The van der Waals surface area contributed by atoms with Gasteiger partial charge in [-0.25, -0.2) is 0 Å². The molecule has 21 heavy (non-hydrogen) atoms. The van der Waals surface area contributed by atoms with E-state index in [2.05, 4.69) is 5.32 Å². The van der Waals surface area contributed by atoms with Crippen LogP contribution < -0.4 is 10.1 Å². The van der Waals surface area contributed by atoms with Gasteiger partial charge in [0.25, 0.3) is 0 Å². The molecule has 0 radical (unpaired) electrons. The first-order valence-corrected chi connectivity index (χ1v) is 7.78. The van der Waals surface area contributed by atoms with Crippen LogP contribution in [0.15, 0.2) is 24.3 Å². The molecule has 4 nitrogen and oxygen atoms in total. The van der Waals surface area contributed by atoms with E-state index in [0.29, 0.717) is 10.8 Å². The van der Waals surface area contributed by atoms with Crippen molar-refractivity contribution < 1.29 is 14.6 Å². The summed E-state index contributed by atoms with van der Waals surface area (Å²) in [6, 6.07) is 7.15. The summed E-state index contributed by atoms with van der Waals surface area (Å²) >= 11 is 5.95. The summed E-state index contributed by atoms with van der Waals surface area (Å²) in [7, 11) is 0. The van der Waals surface area contributed by atoms with Crippen LogP contribution in [0.3, 0.4) is 0 Å². The van der Waals surface area contributed by atoms with Crippen LogP contribution >= 0.6 is 11.6 Å². The maximum Gasteiger partial charge on any atom is 0.223 e. The Labute approximate surface area is 131 Å². The first-order valence-electron chi connectivity index (χ1n) is 7.40. The van der Waals surface area contributed by atoms with Gasteiger partial charge in [-0.2, -0.15) is 0 Å². The first-order chi connectivity index (χ1) is 10.1. The Balaban J connectivity index is 2.24. The molecule has 0 aliphatic carbocycles. The molecule has 118 valence electrons. The van der Waals surface area contributed by atoms with Crippen LogP contribution in [0.1, 0.15) is 33.1 Å². The zero-order chi connectivity index (χ0) is 15.7. The normalized spacial score (nSPS) is 12.2. The van der Waals surface area contributed by atoms with Crippen molar-refractivity contribution in [2.45, 2.75) is 39.2 Å². The fraction of sp³-hybridized carbons (Fsp3) is 0.562. The van der Waals surface area contributed by atoms with E-state index in [1.807, 2.05) is 26.0 Å². The second-order valence-corrected chi connectivity index (χ2v) is 5.38. The Kier molecular flexibility index (Phi) is 8.16. The van der Waals surface area contributed by atoms with Gasteiger partial charge < -0.3 is 15.2 Å². The van der Waals surface area contributed by atoms with E-state index in [-0.39, 0.29) is 31.4 Å². The number of carbonyl (C=O) groups is 1. The van der Waals surface area contributed by atoms with E-state index in [1.54, 1.807) is 12.1 Å². The molecule has 1 unspecified atom stereocenters. The molecule has 0 bridgehead atoms. The number of carbonyl (C=O) groups excluding carboxylic acids is 1. The van der Waals surface area contributed by atoms with Crippen LogP contribution in [0, 0.1) is 5.92 Å². The predicted octanol–water partition coefficient (Wildman–Crippen LogP) is 3.02.